The van der Waals surface area contributed by atoms with Crippen LogP contribution in [0.25, 0.3) is 0 Å². The number of esters is 2. The summed E-state index contributed by atoms with van der Waals surface area (Å²) in [6.07, 6.45) is 26.1. The molecular weight excluding hydrogens is 611 g/mol. The lowest BCUT2D eigenvalue weighted by Gasteiger charge is -2.20. The summed E-state index contributed by atoms with van der Waals surface area (Å²) in [4.78, 5) is 34.7. The summed E-state index contributed by atoms with van der Waals surface area (Å²) in [5.41, 5.74) is 0. The summed E-state index contributed by atoms with van der Waals surface area (Å²) >= 11 is 0. The van der Waals surface area contributed by atoms with Gasteiger partial charge < -0.3 is 24.6 Å². The zero-order chi connectivity index (χ0) is 34.1. The predicted octanol–water partition coefficient (Wildman–Crippen LogP) is 8.50. The van der Waals surface area contributed by atoms with Gasteiger partial charge in [-0.25, -0.2) is 4.57 Å². The first kappa shape index (κ1) is 44.7. The minimum Gasteiger partial charge on any atom is -0.462 e. The maximum atomic E-state index is 12.5. The summed E-state index contributed by atoms with van der Waals surface area (Å²) < 4.78 is 32.5. The number of ether oxygens (including phenoxy) is 2. The monoisotopic (exact) mass is 678 g/mol. The number of carbonyl (C=O) groups excluding carboxylic acids is 2. The molecule has 46 heavy (non-hydrogen) atoms. The topological polar surface area (TPSA) is 149 Å². The molecule has 0 radical (unpaired) electrons. The second-order valence-electron chi connectivity index (χ2n) is 12.3. The molecule has 0 spiro atoms. The molecule has 0 aliphatic heterocycles. The van der Waals surface area contributed by atoms with E-state index in [1.54, 1.807) is 0 Å². The van der Waals surface area contributed by atoms with Crippen molar-refractivity contribution >= 4 is 19.8 Å². The van der Waals surface area contributed by atoms with E-state index < -0.39 is 51.8 Å². The van der Waals surface area contributed by atoms with Crippen LogP contribution in [-0.4, -0.2) is 65.7 Å². The molecule has 0 rings (SSSR count). The average Bonchev–Trinajstić information content (AvgIpc) is 3.04. The maximum Gasteiger partial charge on any atom is 0.472 e. The molecule has 0 aliphatic rings. The van der Waals surface area contributed by atoms with Gasteiger partial charge in [0.05, 0.1) is 19.8 Å². The molecule has 0 aromatic rings. The fourth-order valence-corrected chi connectivity index (χ4v) is 5.60. The lowest BCUT2D eigenvalue weighted by molar-refractivity contribution is -0.161. The number of hydrogen-bond acceptors (Lipinski definition) is 9. The van der Waals surface area contributed by atoms with Gasteiger partial charge in [-0.15, -0.1) is 0 Å². The first-order valence-corrected chi connectivity index (χ1v) is 19.6. The van der Waals surface area contributed by atoms with Gasteiger partial charge in [0, 0.05) is 12.8 Å². The minimum atomic E-state index is -4.60. The lowest BCUT2D eigenvalue weighted by Crippen LogP contribution is -2.29. The highest BCUT2D eigenvalue weighted by Crippen LogP contribution is 2.43. The van der Waals surface area contributed by atoms with Crippen molar-refractivity contribution in [1.82, 2.24) is 0 Å². The second kappa shape index (κ2) is 32.3. The molecular formula is C35H67O10P. The zero-order valence-corrected chi connectivity index (χ0v) is 29.9. The zero-order valence-electron chi connectivity index (χ0n) is 29.0. The average molecular weight is 679 g/mol. The molecule has 0 saturated carbocycles. The van der Waals surface area contributed by atoms with Crippen LogP contribution in [0.1, 0.15) is 162 Å². The largest absolute Gasteiger partial charge is 0.472 e. The van der Waals surface area contributed by atoms with E-state index in [0.29, 0.717) is 12.8 Å². The van der Waals surface area contributed by atoms with E-state index >= 15 is 0 Å². The van der Waals surface area contributed by atoms with Gasteiger partial charge in [0.1, 0.15) is 12.7 Å². The van der Waals surface area contributed by atoms with E-state index in [1.807, 2.05) is 0 Å². The van der Waals surface area contributed by atoms with Gasteiger partial charge in [0.25, 0.3) is 0 Å². The Morgan fingerprint density at radius 2 is 1.07 bits per heavy atom. The highest BCUT2D eigenvalue weighted by Gasteiger charge is 2.27. The molecule has 0 aromatic carbocycles. The van der Waals surface area contributed by atoms with Crippen LogP contribution in [0.15, 0.2) is 12.2 Å². The van der Waals surface area contributed by atoms with Crippen molar-refractivity contribution < 1.29 is 47.8 Å². The minimum absolute atomic E-state index is 0.177. The van der Waals surface area contributed by atoms with Gasteiger partial charge in [0.15, 0.2) is 6.10 Å². The second-order valence-corrected chi connectivity index (χ2v) is 13.7. The predicted molar refractivity (Wildman–Crippen MR) is 182 cm³/mol. The fourth-order valence-electron chi connectivity index (χ4n) is 4.81. The lowest BCUT2D eigenvalue weighted by atomic mass is 10.1. The van der Waals surface area contributed by atoms with Crippen LogP contribution in [0.2, 0.25) is 0 Å². The summed E-state index contributed by atoms with van der Waals surface area (Å²) in [5, 5.41) is 18.2. The Labute approximate surface area is 279 Å². The molecule has 3 atom stereocenters. The molecule has 3 N–H and O–H groups in total. The van der Waals surface area contributed by atoms with Gasteiger partial charge in [-0.3, -0.25) is 18.6 Å². The van der Waals surface area contributed by atoms with E-state index in [-0.39, 0.29) is 19.4 Å². The van der Waals surface area contributed by atoms with Crippen LogP contribution in [-0.2, 0) is 32.7 Å². The number of phosphoric ester groups is 1. The summed E-state index contributed by atoms with van der Waals surface area (Å²) in [7, 11) is -4.60. The summed E-state index contributed by atoms with van der Waals surface area (Å²) in [6.45, 7) is 2.32. The Balaban J connectivity index is 4.41. The number of carbonyl (C=O) groups is 2. The Morgan fingerprint density at radius 3 is 1.61 bits per heavy atom. The molecule has 0 amide bonds. The van der Waals surface area contributed by atoms with Crippen LogP contribution >= 0.6 is 7.82 Å². The molecule has 0 heterocycles. The van der Waals surface area contributed by atoms with E-state index in [2.05, 4.69) is 30.5 Å². The van der Waals surface area contributed by atoms with Gasteiger partial charge >= 0.3 is 19.8 Å². The van der Waals surface area contributed by atoms with Crippen molar-refractivity contribution in [3.05, 3.63) is 12.2 Å². The number of hydrogen-bond donors (Lipinski definition) is 3. The molecule has 0 saturated heterocycles. The standard InChI is InChI=1S/C35H67O10P/c1-3-5-7-9-11-13-15-17-19-21-23-25-27-35(39)45-33(31-44-46(40,41)43-29-32(37)28-36)30-42-34(38)26-24-22-20-18-16-14-12-10-8-6-4-2/h11,13,32-33,36-37H,3-10,12,14-31H2,1-2H3,(H,40,41)/b13-11-. The van der Waals surface area contributed by atoms with Crippen LogP contribution in [0.5, 0.6) is 0 Å². The molecule has 0 aliphatic carbocycles. The van der Waals surface area contributed by atoms with Crippen molar-refractivity contribution in [2.45, 2.75) is 174 Å². The van der Waals surface area contributed by atoms with Crippen molar-refractivity contribution in [3.63, 3.8) is 0 Å². The van der Waals surface area contributed by atoms with Crippen molar-refractivity contribution in [2.75, 3.05) is 26.4 Å². The van der Waals surface area contributed by atoms with E-state index in [1.165, 1.54) is 64.2 Å². The Kier molecular flexibility index (Phi) is 31.4. The Morgan fingerprint density at radius 1 is 0.630 bits per heavy atom. The number of allylic oxidation sites excluding steroid dienone is 2. The Hall–Kier alpha value is -1.29. The molecule has 0 fully saturated rings. The highest BCUT2D eigenvalue weighted by molar-refractivity contribution is 7.47. The third kappa shape index (κ3) is 31.3. The smallest absolute Gasteiger partial charge is 0.462 e. The van der Waals surface area contributed by atoms with Gasteiger partial charge in [-0.1, -0.05) is 122 Å². The highest BCUT2D eigenvalue weighted by atomic mass is 31.2. The Bertz CT molecular complexity index is 791. The normalized spacial score (nSPS) is 14.3. The number of phosphoric acid groups is 1. The third-order valence-electron chi connectivity index (χ3n) is 7.67. The quantitative estimate of drug-likeness (QED) is 0.0262. The van der Waals surface area contributed by atoms with Crippen molar-refractivity contribution in [1.29, 1.82) is 0 Å². The summed E-state index contributed by atoms with van der Waals surface area (Å²) in [5.74, 6) is -0.934. The van der Waals surface area contributed by atoms with Gasteiger partial charge in [-0.05, 0) is 38.5 Å². The van der Waals surface area contributed by atoms with E-state index in [0.717, 1.165) is 57.8 Å². The van der Waals surface area contributed by atoms with Crippen LogP contribution in [0, 0.1) is 0 Å². The fraction of sp³-hybridized carbons (Fsp3) is 0.886. The number of aliphatic hydroxyl groups excluding tert-OH is 2. The first-order chi connectivity index (χ1) is 22.2. The van der Waals surface area contributed by atoms with Crippen LogP contribution in [0.3, 0.4) is 0 Å². The number of unbranched alkanes of at least 4 members (excludes halogenated alkanes) is 18. The molecule has 0 aromatic heterocycles. The van der Waals surface area contributed by atoms with Crippen molar-refractivity contribution in [3.8, 4) is 0 Å². The van der Waals surface area contributed by atoms with E-state index in [9.17, 15) is 24.2 Å². The molecule has 10 nitrogen and oxygen atoms in total. The van der Waals surface area contributed by atoms with Crippen molar-refractivity contribution in [2.24, 2.45) is 0 Å². The summed E-state index contributed by atoms with van der Waals surface area (Å²) in [6, 6.07) is 0. The van der Waals surface area contributed by atoms with E-state index in [4.69, 9.17) is 19.1 Å². The maximum absolute atomic E-state index is 12.5. The number of rotatable bonds is 34. The molecule has 3 unspecified atom stereocenters. The van der Waals surface area contributed by atoms with Gasteiger partial charge in [0.2, 0.25) is 0 Å². The number of aliphatic hydroxyl groups is 2. The van der Waals surface area contributed by atoms with Crippen LogP contribution in [0.4, 0.5) is 0 Å². The molecule has 272 valence electrons. The van der Waals surface area contributed by atoms with Gasteiger partial charge in [-0.2, -0.15) is 0 Å². The third-order valence-corrected chi connectivity index (χ3v) is 8.62. The molecule has 0 bridgehead atoms. The first-order valence-electron chi connectivity index (χ1n) is 18.1. The molecule has 11 heteroatoms. The SMILES string of the molecule is CCCCC/C=C\CCCCCCCC(=O)OC(COC(=O)CCCCCCCCCCCCC)COP(=O)(O)OCC(O)CO. The van der Waals surface area contributed by atoms with Crippen LogP contribution < -0.4 is 0 Å².